The fourth-order valence-electron chi connectivity index (χ4n) is 5.41. The molecule has 1 aliphatic heterocycles. The van der Waals surface area contributed by atoms with Gasteiger partial charge in [0.05, 0.1) is 17.3 Å². The zero-order valence-electron chi connectivity index (χ0n) is 15.3. The third-order valence-electron chi connectivity index (χ3n) is 7.10. The van der Waals surface area contributed by atoms with Gasteiger partial charge in [-0.2, -0.15) is 13.2 Å². The maximum absolute atomic E-state index is 13.2. The summed E-state index contributed by atoms with van der Waals surface area (Å²) >= 11 is 0. The molecule has 4 fully saturated rings. The van der Waals surface area contributed by atoms with E-state index in [0.717, 1.165) is 18.9 Å². The van der Waals surface area contributed by atoms with Crippen LogP contribution < -0.4 is 5.73 Å². The zero-order chi connectivity index (χ0) is 18.9. The normalized spacial score (nSPS) is 36.4. The number of hydrogen-bond donors (Lipinski definition) is 1. The first-order valence-electron chi connectivity index (χ1n) is 9.27. The van der Waals surface area contributed by atoms with Gasteiger partial charge in [0.1, 0.15) is 0 Å². The molecule has 3 aliphatic carbocycles. The van der Waals surface area contributed by atoms with Gasteiger partial charge in [0.15, 0.2) is 0 Å². The highest BCUT2D eigenvalue weighted by atomic mass is 19.4. The highest BCUT2D eigenvalue weighted by Gasteiger charge is 2.68. The summed E-state index contributed by atoms with van der Waals surface area (Å²) in [5, 5.41) is 0. The van der Waals surface area contributed by atoms with Crippen LogP contribution in [0.15, 0.2) is 24.3 Å². The third-order valence-corrected chi connectivity index (χ3v) is 7.10. The minimum atomic E-state index is -4.39. The van der Waals surface area contributed by atoms with Crippen LogP contribution in [0.5, 0.6) is 0 Å². The number of hydrogen-bond acceptors (Lipinski definition) is 3. The standard InChI is InChI=1S/C19H25BF3NO2/c1-17(2)12-9-14(17)18(3)15(10-12)25-20(26-18)16(24)8-11-6-4-5-7-13(11)19(21,22)23/h4-7,12,14-16H,8-10,24H2,1-3H3/t12?,14-,15+,16-,18-/m0/s1. The van der Waals surface area contributed by atoms with Crippen molar-refractivity contribution >= 4 is 7.12 Å². The van der Waals surface area contributed by atoms with Crippen LogP contribution in [0.1, 0.15) is 44.7 Å². The zero-order valence-corrected chi connectivity index (χ0v) is 15.3. The van der Waals surface area contributed by atoms with Crippen LogP contribution in [0.4, 0.5) is 13.2 Å². The van der Waals surface area contributed by atoms with Gasteiger partial charge in [0.25, 0.3) is 0 Å². The van der Waals surface area contributed by atoms with E-state index >= 15 is 0 Å². The van der Waals surface area contributed by atoms with Crippen molar-refractivity contribution in [3.05, 3.63) is 35.4 Å². The second-order valence-corrected chi connectivity index (χ2v) is 8.86. The van der Waals surface area contributed by atoms with Gasteiger partial charge >= 0.3 is 13.3 Å². The summed E-state index contributed by atoms with van der Waals surface area (Å²) in [6.45, 7) is 6.61. The van der Waals surface area contributed by atoms with E-state index in [1.54, 1.807) is 6.07 Å². The summed E-state index contributed by atoms with van der Waals surface area (Å²) in [6, 6.07) is 5.57. The molecule has 0 radical (unpaired) electrons. The van der Waals surface area contributed by atoms with Gasteiger partial charge in [-0.25, -0.2) is 0 Å². The Hall–Kier alpha value is -1.05. The van der Waals surface area contributed by atoms with E-state index in [-0.39, 0.29) is 23.5 Å². The van der Waals surface area contributed by atoms with Crippen molar-refractivity contribution in [1.82, 2.24) is 0 Å². The number of benzene rings is 1. The third kappa shape index (κ3) is 2.62. The molecule has 0 aromatic heterocycles. The first kappa shape index (κ1) is 18.3. The Morgan fingerprint density at radius 2 is 1.92 bits per heavy atom. The molecule has 3 saturated carbocycles. The number of halogens is 3. The predicted molar refractivity (Wildman–Crippen MR) is 93.2 cm³/mol. The lowest BCUT2D eigenvalue weighted by Gasteiger charge is -2.64. The Kier molecular flexibility index (Phi) is 4.03. The fourth-order valence-corrected chi connectivity index (χ4v) is 5.41. The molecule has 0 spiro atoms. The SMILES string of the molecule is CC1(C)C2C[C@H]3OB([C@@H](N)Cc4ccccc4C(F)(F)F)O[C@@]3(C)[C@H]1C2. The van der Waals surface area contributed by atoms with Crippen LogP contribution in [0, 0.1) is 17.3 Å². The maximum atomic E-state index is 13.2. The van der Waals surface area contributed by atoms with Crippen molar-refractivity contribution in [3.63, 3.8) is 0 Å². The quantitative estimate of drug-likeness (QED) is 0.826. The summed E-state index contributed by atoms with van der Waals surface area (Å²) in [5.41, 5.74) is 5.61. The van der Waals surface area contributed by atoms with Crippen LogP contribution in [0.25, 0.3) is 0 Å². The van der Waals surface area contributed by atoms with E-state index in [1.807, 2.05) is 0 Å². The maximum Gasteiger partial charge on any atom is 0.475 e. The molecule has 1 aromatic carbocycles. The Bertz CT molecular complexity index is 710. The predicted octanol–water partition coefficient (Wildman–Crippen LogP) is 3.84. The van der Waals surface area contributed by atoms with Crippen molar-refractivity contribution < 1.29 is 22.5 Å². The van der Waals surface area contributed by atoms with Crippen LogP contribution >= 0.6 is 0 Å². The van der Waals surface area contributed by atoms with Crippen LogP contribution in [-0.2, 0) is 21.9 Å². The first-order valence-corrected chi connectivity index (χ1v) is 9.27. The molecule has 2 bridgehead atoms. The molecule has 26 heavy (non-hydrogen) atoms. The average molecular weight is 367 g/mol. The van der Waals surface area contributed by atoms with Gasteiger partial charge in [-0.15, -0.1) is 0 Å². The largest absolute Gasteiger partial charge is 0.475 e. The van der Waals surface area contributed by atoms with E-state index in [4.69, 9.17) is 15.0 Å². The molecular weight excluding hydrogens is 342 g/mol. The monoisotopic (exact) mass is 367 g/mol. The van der Waals surface area contributed by atoms with Crippen molar-refractivity contribution in [3.8, 4) is 0 Å². The van der Waals surface area contributed by atoms with Crippen molar-refractivity contribution in [1.29, 1.82) is 0 Å². The van der Waals surface area contributed by atoms with Crippen molar-refractivity contribution in [2.75, 3.05) is 0 Å². The molecule has 4 aliphatic rings. The van der Waals surface area contributed by atoms with Gasteiger partial charge in [-0.3, -0.25) is 0 Å². The summed E-state index contributed by atoms with van der Waals surface area (Å²) in [4.78, 5) is 0. The highest BCUT2D eigenvalue weighted by molar-refractivity contribution is 6.47. The van der Waals surface area contributed by atoms with Gasteiger partial charge in [0.2, 0.25) is 0 Å². The Morgan fingerprint density at radius 1 is 1.23 bits per heavy atom. The summed E-state index contributed by atoms with van der Waals surface area (Å²) < 4.78 is 52.0. The molecule has 5 rings (SSSR count). The lowest BCUT2D eigenvalue weighted by molar-refractivity contribution is -0.199. The molecule has 1 aromatic rings. The van der Waals surface area contributed by atoms with Crippen molar-refractivity contribution in [2.24, 2.45) is 23.0 Å². The molecule has 5 atom stereocenters. The van der Waals surface area contributed by atoms with E-state index in [2.05, 4.69) is 20.8 Å². The lowest BCUT2D eigenvalue weighted by atomic mass is 9.43. The van der Waals surface area contributed by atoms with Crippen LogP contribution in [0.2, 0.25) is 0 Å². The van der Waals surface area contributed by atoms with Gasteiger partial charge in [-0.05, 0) is 55.1 Å². The summed E-state index contributed by atoms with van der Waals surface area (Å²) in [5.74, 6) is 0.384. The Labute approximate surface area is 152 Å². The molecule has 1 heterocycles. The fraction of sp³-hybridized carbons (Fsp3) is 0.684. The number of nitrogens with two attached hydrogens (primary N) is 1. The molecule has 3 nitrogen and oxygen atoms in total. The molecule has 1 unspecified atom stereocenters. The smallest absolute Gasteiger partial charge is 0.404 e. The molecule has 2 N–H and O–H groups in total. The highest BCUT2D eigenvalue weighted by Crippen LogP contribution is 2.65. The number of rotatable bonds is 3. The second kappa shape index (κ2) is 5.73. The molecule has 7 heteroatoms. The number of alkyl halides is 3. The van der Waals surface area contributed by atoms with Gasteiger partial charge in [-0.1, -0.05) is 32.0 Å². The Balaban J connectivity index is 1.51. The minimum absolute atomic E-state index is 0.0202. The molecule has 142 valence electrons. The van der Waals surface area contributed by atoms with Crippen LogP contribution in [-0.4, -0.2) is 24.8 Å². The summed E-state index contributed by atoms with van der Waals surface area (Å²) in [7, 11) is -0.665. The topological polar surface area (TPSA) is 44.5 Å². The summed E-state index contributed by atoms with van der Waals surface area (Å²) in [6.07, 6.45) is -2.28. The Morgan fingerprint density at radius 3 is 2.58 bits per heavy atom. The molecular formula is C19H25BF3NO2. The second-order valence-electron chi connectivity index (χ2n) is 8.86. The lowest BCUT2D eigenvalue weighted by Crippen LogP contribution is -2.65. The van der Waals surface area contributed by atoms with Crippen LogP contribution in [0.3, 0.4) is 0 Å². The van der Waals surface area contributed by atoms with Crippen molar-refractivity contribution in [2.45, 2.75) is 63.9 Å². The molecule has 0 amide bonds. The van der Waals surface area contributed by atoms with E-state index in [0.29, 0.717) is 11.8 Å². The van der Waals surface area contributed by atoms with Gasteiger partial charge < -0.3 is 15.0 Å². The molecule has 1 saturated heterocycles. The van der Waals surface area contributed by atoms with Gasteiger partial charge in [0, 0.05) is 5.94 Å². The van der Waals surface area contributed by atoms with E-state index in [1.165, 1.54) is 12.1 Å². The van der Waals surface area contributed by atoms with E-state index < -0.39 is 30.4 Å². The van der Waals surface area contributed by atoms with E-state index in [9.17, 15) is 13.2 Å². The minimum Gasteiger partial charge on any atom is -0.404 e. The average Bonchev–Trinajstić information content (AvgIpc) is 2.91. The first-order chi connectivity index (χ1) is 12.0.